The van der Waals surface area contributed by atoms with Gasteiger partial charge in [0.05, 0.1) is 5.70 Å². The molecule has 26 heavy (non-hydrogen) atoms. The van der Waals surface area contributed by atoms with E-state index in [9.17, 15) is 9.59 Å². The number of likely N-dealkylation sites (N-methyl/N-ethyl adjacent to an activating group) is 1. The Morgan fingerprint density at radius 2 is 2.08 bits per heavy atom. The van der Waals surface area contributed by atoms with Gasteiger partial charge in [-0.25, -0.2) is 9.97 Å². The summed E-state index contributed by atoms with van der Waals surface area (Å²) in [5.41, 5.74) is 6.92. The van der Waals surface area contributed by atoms with Gasteiger partial charge in [0.25, 0.3) is 5.91 Å². The maximum Gasteiger partial charge on any atom is 0.269 e. The normalized spacial score (nSPS) is 21.5. The van der Waals surface area contributed by atoms with Crippen molar-refractivity contribution < 1.29 is 9.59 Å². The van der Waals surface area contributed by atoms with Crippen LogP contribution in [-0.2, 0) is 9.59 Å². The Morgan fingerprint density at radius 3 is 2.73 bits per heavy atom. The van der Waals surface area contributed by atoms with Gasteiger partial charge in [0, 0.05) is 13.1 Å². The van der Waals surface area contributed by atoms with E-state index < -0.39 is 0 Å². The number of aromatic nitrogens is 2. The predicted octanol–water partition coefficient (Wildman–Crippen LogP) is 1.55. The third-order valence-electron chi connectivity index (χ3n) is 5.05. The van der Waals surface area contributed by atoms with E-state index in [-0.39, 0.29) is 11.6 Å². The number of carbonyl (C=O) groups excluding carboxylic acids is 2. The molecule has 2 aliphatic rings. The van der Waals surface area contributed by atoms with Crippen molar-refractivity contribution in [1.29, 1.82) is 0 Å². The maximum absolute atomic E-state index is 12.6. The van der Waals surface area contributed by atoms with Crippen molar-refractivity contribution in [2.45, 2.75) is 44.7 Å². The first-order valence-corrected chi connectivity index (χ1v) is 8.74. The summed E-state index contributed by atoms with van der Waals surface area (Å²) in [5, 5.41) is 6.05. The van der Waals surface area contributed by atoms with Crippen LogP contribution in [-0.4, -0.2) is 39.8 Å². The van der Waals surface area contributed by atoms with Crippen molar-refractivity contribution in [3.63, 3.8) is 0 Å². The Morgan fingerprint density at radius 1 is 1.35 bits per heavy atom. The van der Waals surface area contributed by atoms with Gasteiger partial charge in [0.15, 0.2) is 6.29 Å². The number of amides is 1. The summed E-state index contributed by atoms with van der Waals surface area (Å²) >= 11 is 0. The number of nitrogen functional groups attached to an aromatic ring is 1. The van der Waals surface area contributed by atoms with Crippen molar-refractivity contribution in [2.24, 2.45) is 0 Å². The van der Waals surface area contributed by atoms with Crippen LogP contribution in [0.15, 0.2) is 35.4 Å². The van der Waals surface area contributed by atoms with E-state index in [1.165, 1.54) is 18.8 Å². The van der Waals surface area contributed by atoms with E-state index in [2.05, 4.69) is 20.6 Å². The lowest BCUT2D eigenvalue weighted by molar-refractivity contribution is -0.117. The van der Waals surface area contributed by atoms with Crippen LogP contribution >= 0.6 is 0 Å². The molecule has 8 heteroatoms. The minimum absolute atomic E-state index is 0.0975. The molecule has 3 rings (SSSR count). The highest BCUT2D eigenvalue weighted by Crippen LogP contribution is 2.37. The second kappa shape index (κ2) is 7.15. The van der Waals surface area contributed by atoms with Crippen LogP contribution in [0.5, 0.6) is 0 Å². The van der Waals surface area contributed by atoms with E-state index in [0.717, 1.165) is 25.7 Å². The molecule has 2 heterocycles. The van der Waals surface area contributed by atoms with Gasteiger partial charge in [-0.15, -0.1) is 0 Å². The van der Waals surface area contributed by atoms with Crippen LogP contribution in [0, 0.1) is 0 Å². The van der Waals surface area contributed by atoms with E-state index in [0.29, 0.717) is 34.9 Å². The molecule has 1 aromatic rings. The number of allylic oxidation sites excluding steroid dienone is 3. The molecule has 0 atom stereocenters. The number of hydrogen-bond acceptors (Lipinski definition) is 7. The third-order valence-corrected chi connectivity index (χ3v) is 5.05. The lowest BCUT2D eigenvalue weighted by atomic mass is 9.88. The third kappa shape index (κ3) is 3.40. The molecule has 0 unspecified atom stereocenters. The monoisotopic (exact) mass is 356 g/mol. The van der Waals surface area contributed by atoms with Crippen molar-refractivity contribution in [2.75, 3.05) is 18.1 Å². The predicted molar refractivity (Wildman–Crippen MR) is 98.6 cm³/mol. The van der Waals surface area contributed by atoms with Crippen molar-refractivity contribution >= 4 is 23.8 Å². The van der Waals surface area contributed by atoms with Crippen LogP contribution in [0.2, 0.25) is 0 Å². The molecule has 0 aromatic carbocycles. The first-order chi connectivity index (χ1) is 12.4. The smallest absolute Gasteiger partial charge is 0.269 e. The SMILES string of the molecule is CC(/C=C(\C=O)Nc1cc(N)ncn1)=C1\C(=O)NC2(CCCCC2)N1C. The summed E-state index contributed by atoms with van der Waals surface area (Å²) < 4.78 is 0. The van der Waals surface area contributed by atoms with Gasteiger partial charge in [-0.3, -0.25) is 9.59 Å². The lowest BCUT2D eigenvalue weighted by Gasteiger charge is -2.40. The zero-order valence-electron chi connectivity index (χ0n) is 15.1. The Hall–Kier alpha value is -2.90. The number of carbonyl (C=O) groups is 2. The number of aldehydes is 1. The molecule has 1 aliphatic heterocycles. The Kier molecular flexibility index (Phi) is 4.92. The number of nitrogens with zero attached hydrogens (tertiary/aromatic N) is 3. The molecule has 2 fully saturated rings. The summed E-state index contributed by atoms with van der Waals surface area (Å²) in [6.07, 6.45) is 8.93. The number of rotatable bonds is 4. The molecule has 1 saturated carbocycles. The van der Waals surface area contributed by atoms with Crippen LogP contribution in [0.1, 0.15) is 39.0 Å². The highest BCUT2D eigenvalue weighted by Gasteiger charge is 2.46. The Bertz CT molecular complexity index is 780. The number of anilines is 2. The van der Waals surface area contributed by atoms with Gasteiger partial charge in [-0.1, -0.05) is 6.42 Å². The Balaban J connectivity index is 1.87. The summed E-state index contributed by atoms with van der Waals surface area (Å²) in [4.78, 5) is 33.9. The quantitative estimate of drug-likeness (QED) is 0.554. The number of nitrogens with two attached hydrogens (primary N) is 1. The minimum Gasteiger partial charge on any atom is -0.384 e. The van der Waals surface area contributed by atoms with Gasteiger partial charge >= 0.3 is 0 Å². The summed E-state index contributed by atoms with van der Waals surface area (Å²) in [7, 11) is 1.94. The topological polar surface area (TPSA) is 113 Å². The fourth-order valence-corrected chi connectivity index (χ4v) is 3.75. The fraction of sp³-hybridized carbons (Fsp3) is 0.444. The zero-order chi connectivity index (χ0) is 18.7. The maximum atomic E-state index is 12.6. The molecule has 0 bridgehead atoms. The van der Waals surface area contributed by atoms with Gasteiger partial charge in [-0.05, 0) is 44.3 Å². The van der Waals surface area contributed by atoms with Gasteiger partial charge in [-0.2, -0.15) is 0 Å². The molecule has 1 aromatic heterocycles. The molecule has 138 valence electrons. The van der Waals surface area contributed by atoms with Crippen molar-refractivity contribution in [3.8, 4) is 0 Å². The lowest BCUT2D eigenvalue weighted by Crippen LogP contribution is -2.51. The first-order valence-electron chi connectivity index (χ1n) is 8.74. The largest absolute Gasteiger partial charge is 0.384 e. The molecule has 8 nitrogen and oxygen atoms in total. The standard InChI is InChI=1S/C18H24N6O2/c1-12(8-13(10-25)22-15-9-14(19)20-11-21-15)16-17(26)23-18(24(16)2)6-4-3-5-7-18/h8-11H,3-7H2,1-2H3,(H,23,26)(H3,19,20,21,22)/b13-8+,16-12-. The van der Waals surface area contributed by atoms with Crippen molar-refractivity contribution in [1.82, 2.24) is 20.2 Å². The molecule has 1 spiro atoms. The molecule has 1 saturated heterocycles. The summed E-state index contributed by atoms with van der Waals surface area (Å²) in [5.74, 6) is 0.623. The van der Waals surface area contributed by atoms with E-state index in [4.69, 9.17) is 5.73 Å². The van der Waals surface area contributed by atoms with Crippen LogP contribution in [0.25, 0.3) is 0 Å². The second-order valence-corrected chi connectivity index (χ2v) is 6.81. The van der Waals surface area contributed by atoms with Crippen LogP contribution in [0.3, 0.4) is 0 Å². The highest BCUT2D eigenvalue weighted by atomic mass is 16.2. The van der Waals surface area contributed by atoms with Gasteiger partial charge in [0.2, 0.25) is 0 Å². The summed E-state index contributed by atoms with van der Waals surface area (Å²) in [6, 6.07) is 1.53. The van der Waals surface area contributed by atoms with E-state index in [1.807, 2.05) is 18.9 Å². The highest BCUT2D eigenvalue weighted by molar-refractivity contribution is 5.97. The summed E-state index contributed by atoms with van der Waals surface area (Å²) in [6.45, 7) is 1.83. The van der Waals surface area contributed by atoms with Gasteiger partial charge < -0.3 is 21.3 Å². The molecular formula is C18H24N6O2. The zero-order valence-corrected chi connectivity index (χ0v) is 15.1. The average Bonchev–Trinajstić information content (AvgIpc) is 2.84. The fourth-order valence-electron chi connectivity index (χ4n) is 3.75. The first kappa shape index (κ1) is 17.9. The Labute approximate surface area is 152 Å². The molecule has 1 amide bonds. The van der Waals surface area contributed by atoms with E-state index in [1.54, 1.807) is 6.08 Å². The van der Waals surface area contributed by atoms with Crippen LogP contribution in [0.4, 0.5) is 11.6 Å². The average molecular weight is 356 g/mol. The van der Waals surface area contributed by atoms with Crippen LogP contribution < -0.4 is 16.4 Å². The molecular weight excluding hydrogens is 332 g/mol. The second-order valence-electron chi connectivity index (χ2n) is 6.81. The molecule has 4 N–H and O–H groups in total. The van der Waals surface area contributed by atoms with E-state index >= 15 is 0 Å². The number of nitrogens with one attached hydrogen (secondary N) is 2. The van der Waals surface area contributed by atoms with Crippen molar-refractivity contribution in [3.05, 3.63) is 35.4 Å². The minimum atomic E-state index is -0.296. The number of hydrogen-bond donors (Lipinski definition) is 3. The molecule has 1 aliphatic carbocycles. The van der Waals surface area contributed by atoms with Gasteiger partial charge in [0.1, 0.15) is 29.3 Å². The molecule has 0 radical (unpaired) electrons.